The number of hydrogen-bond donors (Lipinski definition) is 2. The number of carboxylic acids is 1. The van der Waals surface area contributed by atoms with E-state index < -0.39 is 5.97 Å². The molecule has 0 spiro atoms. The van der Waals surface area contributed by atoms with Crippen molar-refractivity contribution in [1.29, 1.82) is 0 Å². The summed E-state index contributed by atoms with van der Waals surface area (Å²) >= 11 is 0. The number of rotatable bonds is 7. The molecule has 0 saturated carbocycles. The number of methoxy groups -OCH3 is 1. The molecule has 2 N–H and O–H groups in total. The molecule has 6 heteroatoms. The number of aromatic nitrogens is 2. The second kappa shape index (κ2) is 6.67. The minimum atomic E-state index is -0.834. The number of nitrogens with one attached hydrogen (secondary N) is 1. The van der Waals surface area contributed by atoms with Gasteiger partial charge in [0.05, 0.1) is 13.5 Å². The van der Waals surface area contributed by atoms with E-state index in [9.17, 15) is 4.79 Å². The van der Waals surface area contributed by atoms with Crippen molar-refractivity contribution in [3.8, 4) is 5.88 Å². The SMILES string of the molecule is CCCC(CC(=O)O)Nc1nccc(OC)n1. The van der Waals surface area contributed by atoms with Crippen LogP contribution in [0.1, 0.15) is 26.2 Å². The molecule has 0 aliphatic rings. The van der Waals surface area contributed by atoms with E-state index in [0.29, 0.717) is 11.8 Å². The molecule has 1 aromatic rings. The van der Waals surface area contributed by atoms with Crippen molar-refractivity contribution < 1.29 is 14.6 Å². The maximum absolute atomic E-state index is 10.7. The van der Waals surface area contributed by atoms with Crippen LogP contribution >= 0.6 is 0 Å². The lowest BCUT2D eigenvalue weighted by Gasteiger charge is -2.15. The second-order valence-corrected chi connectivity index (χ2v) is 3.65. The lowest BCUT2D eigenvalue weighted by Crippen LogP contribution is -2.24. The van der Waals surface area contributed by atoms with Crippen LogP contribution in [0.15, 0.2) is 12.3 Å². The summed E-state index contributed by atoms with van der Waals surface area (Å²) in [5, 5.41) is 11.8. The van der Waals surface area contributed by atoms with E-state index in [-0.39, 0.29) is 12.5 Å². The van der Waals surface area contributed by atoms with Gasteiger partial charge in [0.15, 0.2) is 0 Å². The first-order valence-electron chi connectivity index (χ1n) is 5.51. The van der Waals surface area contributed by atoms with Gasteiger partial charge in [-0.15, -0.1) is 0 Å². The van der Waals surface area contributed by atoms with Crippen molar-refractivity contribution in [2.45, 2.75) is 32.2 Å². The Bertz CT molecular complexity index is 371. The minimum absolute atomic E-state index is 0.0500. The van der Waals surface area contributed by atoms with Crippen molar-refractivity contribution in [2.24, 2.45) is 0 Å². The number of carbonyl (C=O) groups is 1. The van der Waals surface area contributed by atoms with Crippen LogP contribution in [0.2, 0.25) is 0 Å². The van der Waals surface area contributed by atoms with E-state index in [1.165, 1.54) is 7.11 Å². The lowest BCUT2D eigenvalue weighted by atomic mass is 10.1. The van der Waals surface area contributed by atoms with Crippen molar-refractivity contribution >= 4 is 11.9 Å². The molecular weight excluding hydrogens is 222 g/mol. The van der Waals surface area contributed by atoms with E-state index >= 15 is 0 Å². The molecule has 0 fully saturated rings. The first-order chi connectivity index (χ1) is 8.15. The van der Waals surface area contributed by atoms with Gasteiger partial charge >= 0.3 is 5.97 Å². The fourth-order valence-corrected chi connectivity index (χ4v) is 1.49. The Balaban J connectivity index is 2.67. The molecule has 0 amide bonds. The molecule has 1 rings (SSSR count). The van der Waals surface area contributed by atoms with Crippen molar-refractivity contribution in [3.63, 3.8) is 0 Å². The Labute approximate surface area is 100 Å². The zero-order chi connectivity index (χ0) is 12.7. The molecule has 0 radical (unpaired) electrons. The number of aliphatic carboxylic acids is 1. The summed E-state index contributed by atoms with van der Waals surface area (Å²) in [5.41, 5.74) is 0. The summed E-state index contributed by atoms with van der Waals surface area (Å²) in [7, 11) is 1.52. The van der Waals surface area contributed by atoms with Crippen molar-refractivity contribution in [1.82, 2.24) is 9.97 Å². The van der Waals surface area contributed by atoms with Gasteiger partial charge in [-0.05, 0) is 6.42 Å². The maximum Gasteiger partial charge on any atom is 0.305 e. The van der Waals surface area contributed by atoms with Crippen LogP contribution in [0.4, 0.5) is 5.95 Å². The van der Waals surface area contributed by atoms with Crippen LogP contribution in [-0.2, 0) is 4.79 Å². The van der Waals surface area contributed by atoms with E-state index in [1.807, 2.05) is 6.92 Å². The standard InChI is InChI=1S/C11H17N3O3/c1-3-4-8(7-10(15)16)13-11-12-6-5-9(14-11)17-2/h5-6,8H,3-4,7H2,1-2H3,(H,15,16)(H,12,13,14). The van der Waals surface area contributed by atoms with Crippen LogP contribution in [0.5, 0.6) is 5.88 Å². The zero-order valence-electron chi connectivity index (χ0n) is 10.0. The molecule has 0 bridgehead atoms. The van der Waals surface area contributed by atoms with E-state index in [0.717, 1.165) is 12.8 Å². The molecule has 0 aliphatic carbocycles. The van der Waals surface area contributed by atoms with Crippen molar-refractivity contribution in [3.05, 3.63) is 12.3 Å². The third kappa shape index (κ3) is 4.67. The summed E-state index contributed by atoms with van der Waals surface area (Å²) in [5.74, 6) is 0.0102. The summed E-state index contributed by atoms with van der Waals surface area (Å²) in [4.78, 5) is 18.8. The first-order valence-corrected chi connectivity index (χ1v) is 5.51. The van der Waals surface area contributed by atoms with Crippen LogP contribution in [0.3, 0.4) is 0 Å². The van der Waals surface area contributed by atoms with Gasteiger partial charge in [-0.1, -0.05) is 13.3 Å². The minimum Gasteiger partial charge on any atom is -0.481 e. The summed E-state index contributed by atoms with van der Waals surface area (Å²) < 4.78 is 4.97. The van der Waals surface area contributed by atoms with Crippen LogP contribution in [0.25, 0.3) is 0 Å². The Morgan fingerprint density at radius 3 is 3.00 bits per heavy atom. The zero-order valence-corrected chi connectivity index (χ0v) is 10.0. The molecule has 1 heterocycles. The number of nitrogens with zero attached hydrogens (tertiary/aromatic N) is 2. The lowest BCUT2D eigenvalue weighted by molar-refractivity contribution is -0.137. The number of anilines is 1. The molecule has 0 aliphatic heterocycles. The summed E-state index contributed by atoms with van der Waals surface area (Å²) in [6.45, 7) is 2.00. The van der Waals surface area contributed by atoms with Gasteiger partial charge in [0, 0.05) is 18.3 Å². The van der Waals surface area contributed by atoms with E-state index in [2.05, 4.69) is 15.3 Å². The second-order valence-electron chi connectivity index (χ2n) is 3.65. The smallest absolute Gasteiger partial charge is 0.305 e. The Morgan fingerprint density at radius 1 is 1.65 bits per heavy atom. The van der Waals surface area contributed by atoms with E-state index in [4.69, 9.17) is 9.84 Å². The summed E-state index contributed by atoms with van der Waals surface area (Å²) in [6, 6.07) is 1.47. The van der Waals surface area contributed by atoms with Gasteiger partial charge in [-0.2, -0.15) is 4.98 Å². The van der Waals surface area contributed by atoms with Gasteiger partial charge in [-0.25, -0.2) is 4.98 Å². The fraction of sp³-hybridized carbons (Fsp3) is 0.545. The number of ether oxygens (including phenoxy) is 1. The number of hydrogen-bond acceptors (Lipinski definition) is 5. The Morgan fingerprint density at radius 2 is 2.41 bits per heavy atom. The molecule has 0 saturated heterocycles. The molecule has 1 atom stereocenters. The van der Waals surface area contributed by atoms with E-state index in [1.54, 1.807) is 12.3 Å². The monoisotopic (exact) mass is 239 g/mol. The average Bonchev–Trinajstić information content (AvgIpc) is 2.29. The molecule has 17 heavy (non-hydrogen) atoms. The van der Waals surface area contributed by atoms with Gasteiger partial charge in [-0.3, -0.25) is 4.79 Å². The Hall–Kier alpha value is -1.85. The average molecular weight is 239 g/mol. The largest absolute Gasteiger partial charge is 0.481 e. The van der Waals surface area contributed by atoms with Gasteiger partial charge < -0.3 is 15.2 Å². The number of carboxylic acid groups (broad SMARTS) is 1. The highest BCUT2D eigenvalue weighted by Crippen LogP contribution is 2.12. The van der Waals surface area contributed by atoms with Gasteiger partial charge in [0.1, 0.15) is 0 Å². The summed E-state index contributed by atoms with van der Waals surface area (Å²) in [6.07, 6.45) is 3.27. The topological polar surface area (TPSA) is 84.3 Å². The molecule has 94 valence electrons. The third-order valence-corrected chi connectivity index (χ3v) is 2.23. The molecule has 1 unspecified atom stereocenters. The Kier molecular flexibility index (Phi) is 5.19. The quantitative estimate of drug-likeness (QED) is 0.750. The van der Waals surface area contributed by atoms with Crippen LogP contribution in [0, 0.1) is 0 Å². The first kappa shape index (κ1) is 13.2. The van der Waals surface area contributed by atoms with Crippen molar-refractivity contribution in [2.75, 3.05) is 12.4 Å². The maximum atomic E-state index is 10.7. The highest BCUT2D eigenvalue weighted by molar-refractivity contribution is 5.68. The molecule has 6 nitrogen and oxygen atoms in total. The molecule has 0 aromatic carbocycles. The predicted octanol–water partition coefficient (Wildman–Crippen LogP) is 1.54. The molecular formula is C11H17N3O3. The fourth-order valence-electron chi connectivity index (χ4n) is 1.49. The highest BCUT2D eigenvalue weighted by Gasteiger charge is 2.13. The molecule has 1 aromatic heterocycles. The van der Waals surface area contributed by atoms with Gasteiger partial charge in [0.2, 0.25) is 11.8 Å². The van der Waals surface area contributed by atoms with Crippen LogP contribution in [-0.4, -0.2) is 34.2 Å². The van der Waals surface area contributed by atoms with Crippen LogP contribution < -0.4 is 10.1 Å². The third-order valence-electron chi connectivity index (χ3n) is 2.23. The highest BCUT2D eigenvalue weighted by atomic mass is 16.5. The van der Waals surface area contributed by atoms with Gasteiger partial charge in [0.25, 0.3) is 0 Å². The predicted molar refractivity (Wildman–Crippen MR) is 63.2 cm³/mol. The normalized spacial score (nSPS) is 11.9.